The van der Waals surface area contributed by atoms with E-state index in [4.69, 9.17) is 4.84 Å². The number of nitrogens with one attached hydrogen (secondary N) is 1. The fourth-order valence-electron chi connectivity index (χ4n) is 2.40. The van der Waals surface area contributed by atoms with Gasteiger partial charge in [-0.3, -0.25) is 15.1 Å². The van der Waals surface area contributed by atoms with Crippen LogP contribution in [-0.2, 0) is 9.63 Å². The van der Waals surface area contributed by atoms with E-state index < -0.39 is 0 Å². The first-order valence-corrected chi connectivity index (χ1v) is 6.54. The summed E-state index contributed by atoms with van der Waals surface area (Å²) in [5.74, 6) is -0.0257. The Hall–Kier alpha value is -2.39. The third-order valence-corrected chi connectivity index (χ3v) is 3.35. The summed E-state index contributed by atoms with van der Waals surface area (Å²) in [7, 11) is 0. The summed E-state index contributed by atoms with van der Waals surface area (Å²) in [4.78, 5) is 17.4. The van der Waals surface area contributed by atoms with Crippen molar-refractivity contribution in [1.29, 1.82) is 0 Å². The van der Waals surface area contributed by atoms with Gasteiger partial charge < -0.3 is 0 Å². The Morgan fingerprint density at radius 2 is 1.60 bits per heavy atom. The Kier molecular flexibility index (Phi) is 3.35. The van der Waals surface area contributed by atoms with Crippen LogP contribution in [0.4, 0.5) is 0 Å². The molecule has 0 saturated heterocycles. The van der Waals surface area contributed by atoms with Crippen LogP contribution in [0.25, 0.3) is 5.57 Å². The molecule has 0 aliphatic carbocycles. The molecular formula is C17H15NO2. The number of benzene rings is 2. The lowest BCUT2D eigenvalue weighted by molar-refractivity contribution is -0.114. The van der Waals surface area contributed by atoms with Crippen molar-refractivity contribution in [1.82, 2.24) is 5.48 Å². The molecule has 2 aromatic carbocycles. The summed E-state index contributed by atoms with van der Waals surface area (Å²) in [6.45, 7) is 1.54. The molecular weight excluding hydrogens is 250 g/mol. The number of carbonyl (C=O) groups is 1. The lowest BCUT2D eigenvalue weighted by atomic mass is 9.93. The maximum absolute atomic E-state index is 11.8. The normalized spacial score (nSPS) is 17.9. The summed E-state index contributed by atoms with van der Waals surface area (Å²) in [6.07, 6.45) is -0.266. The van der Waals surface area contributed by atoms with Crippen molar-refractivity contribution < 1.29 is 9.63 Å². The maximum atomic E-state index is 11.8. The van der Waals surface area contributed by atoms with E-state index in [1.54, 1.807) is 6.92 Å². The molecule has 1 unspecified atom stereocenters. The highest BCUT2D eigenvalue weighted by molar-refractivity contribution is 6.02. The summed E-state index contributed by atoms with van der Waals surface area (Å²) >= 11 is 0. The zero-order chi connectivity index (χ0) is 13.9. The Bertz CT molecular complexity index is 647. The predicted octanol–water partition coefficient (Wildman–Crippen LogP) is 3.26. The molecule has 0 aromatic heterocycles. The summed E-state index contributed by atoms with van der Waals surface area (Å²) < 4.78 is 0. The average Bonchev–Trinajstić information content (AvgIpc) is 2.94. The standard InChI is InChI=1S/C17H15NO2/c1-12(19)16-15(13-8-4-2-5-9-13)17(20-18-16)14-10-6-3-7-11-14/h2-11,17-18H,1H3. The van der Waals surface area contributed by atoms with Crippen LogP contribution in [0.5, 0.6) is 0 Å². The van der Waals surface area contributed by atoms with Gasteiger partial charge in [-0.1, -0.05) is 60.7 Å². The number of rotatable bonds is 3. The van der Waals surface area contributed by atoms with Crippen LogP contribution in [0.15, 0.2) is 66.4 Å². The molecule has 0 spiro atoms. The third kappa shape index (κ3) is 2.24. The van der Waals surface area contributed by atoms with Gasteiger partial charge in [-0.2, -0.15) is 0 Å². The first-order chi connectivity index (χ1) is 9.77. The molecule has 3 nitrogen and oxygen atoms in total. The highest BCUT2D eigenvalue weighted by atomic mass is 16.7. The highest BCUT2D eigenvalue weighted by Gasteiger charge is 2.31. The van der Waals surface area contributed by atoms with E-state index in [1.165, 1.54) is 0 Å². The largest absolute Gasteiger partial charge is 0.293 e. The topological polar surface area (TPSA) is 38.3 Å². The number of Topliss-reactive ketones (excluding diaryl/α,β-unsaturated/α-hetero) is 1. The molecule has 0 saturated carbocycles. The van der Waals surface area contributed by atoms with E-state index in [0.29, 0.717) is 5.70 Å². The molecule has 1 aliphatic heterocycles. The first kappa shape index (κ1) is 12.6. The monoisotopic (exact) mass is 265 g/mol. The lowest BCUT2D eigenvalue weighted by Crippen LogP contribution is -2.12. The number of hydroxylamine groups is 1. The number of ketones is 1. The number of carbonyl (C=O) groups excluding carboxylic acids is 1. The van der Waals surface area contributed by atoms with Gasteiger partial charge in [0.15, 0.2) is 5.78 Å². The molecule has 0 bridgehead atoms. The minimum absolute atomic E-state index is 0.0257. The molecule has 3 heteroatoms. The molecule has 1 heterocycles. The molecule has 2 aromatic rings. The summed E-state index contributed by atoms with van der Waals surface area (Å²) in [6, 6.07) is 19.7. The molecule has 100 valence electrons. The van der Waals surface area contributed by atoms with Crippen molar-refractivity contribution >= 4 is 11.4 Å². The molecule has 0 radical (unpaired) electrons. The molecule has 3 rings (SSSR count). The smallest absolute Gasteiger partial charge is 0.178 e. The van der Waals surface area contributed by atoms with Crippen molar-refractivity contribution in [2.45, 2.75) is 13.0 Å². The van der Waals surface area contributed by atoms with Crippen LogP contribution < -0.4 is 5.48 Å². The fourth-order valence-corrected chi connectivity index (χ4v) is 2.40. The van der Waals surface area contributed by atoms with Crippen molar-refractivity contribution in [2.24, 2.45) is 0 Å². The zero-order valence-corrected chi connectivity index (χ0v) is 11.2. The van der Waals surface area contributed by atoms with E-state index in [-0.39, 0.29) is 11.9 Å². The van der Waals surface area contributed by atoms with Gasteiger partial charge in [-0.05, 0) is 11.1 Å². The van der Waals surface area contributed by atoms with Gasteiger partial charge in [0, 0.05) is 12.5 Å². The van der Waals surface area contributed by atoms with Crippen LogP contribution in [0.2, 0.25) is 0 Å². The van der Waals surface area contributed by atoms with Gasteiger partial charge in [0.2, 0.25) is 0 Å². The number of allylic oxidation sites excluding steroid dienone is 1. The van der Waals surface area contributed by atoms with Gasteiger partial charge >= 0.3 is 0 Å². The summed E-state index contributed by atoms with van der Waals surface area (Å²) in [5.41, 5.74) is 6.23. The zero-order valence-electron chi connectivity index (χ0n) is 11.2. The van der Waals surface area contributed by atoms with Crippen molar-refractivity contribution in [2.75, 3.05) is 0 Å². The minimum atomic E-state index is -0.266. The Morgan fingerprint density at radius 3 is 2.20 bits per heavy atom. The second-order valence-electron chi connectivity index (χ2n) is 4.72. The molecule has 20 heavy (non-hydrogen) atoms. The highest BCUT2D eigenvalue weighted by Crippen LogP contribution is 2.38. The van der Waals surface area contributed by atoms with Crippen molar-refractivity contribution in [3.8, 4) is 0 Å². The van der Waals surface area contributed by atoms with Crippen LogP contribution in [0.1, 0.15) is 24.2 Å². The van der Waals surface area contributed by atoms with E-state index >= 15 is 0 Å². The summed E-state index contributed by atoms with van der Waals surface area (Å²) in [5, 5.41) is 0. The molecule has 1 N–H and O–H groups in total. The van der Waals surface area contributed by atoms with Gasteiger partial charge in [0.05, 0.1) is 0 Å². The van der Waals surface area contributed by atoms with Crippen LogP contribution in [0, 0.1) is 0 Å². The Balaban J connectivity index is 2.11. The Labute approximate surface area is 117 Å². The lowest BCUT2D eigenvalue weighted by Gasteiger charge is -2.13. The average molecular weight is 265 g/mol. The van der Waals surface area contributed by atoms with Crippen molar-refractivity contribution in [3.05, 3.63) is 77.5 Å². The minimum Gasteiger partial charge on any atom is -0.293 e. The van der Waals surface area contributed by atoms with E-state index in [2.05, 4.69) is 5.48 Å². The number of hydrogen-bond acceptors (Lipinski definition) is 3. The SMILES string of the molecule is CC(=O)C1=C(c2ccccc2)C(c2ccccc2)ON1. The first-order valence-electron chi connectivity index (χ1n) is 6.54. The van der Waals surface area contributed by atoms with E-state index in [1.807, 2.05) is 60.7 Å². The van der Waals surface area contributed by atoms with Gasteiger partial charge in [-0.15, -0.1) is 0 Å². The predicted molar refractivity (Wildman–Crippen MR) is 77.4 cm³/mol. The van der Waals surface area contributed by atoms with Gasteiger partial charge in [0.1, 0.15) is 11.8 Å². The quantitative estimate of drug-likeness (QED) is 0.925. The Morgan fingerprint density at radius 1 is 1.00 bits per heavy atom. The number of hydrogen-bond donors (Lipinski definition) is 1. The van der Waals surface area contributed by atoms with Crippen LogP contribution in [0.3, 0.4) is 0 Å². The maximum Gasteiger partial charge on any atom is 0.178 e. The molecule has 1 atom stereocenters. The molecule has 0 fully saturated rings. The fraction of sp³-hybridized carbons (Fsp3) is 0.118. The van der Waals surface area contributed by atoms with E-state index in [0.717, 1.165) is 16.7 Å². The van der Waals surface area contributed by atoms with Crippen LogP contribution >= 0.6 is 0 Å². The second-order valence-corrected chi connectivity index (χ2v) is 4.72. The van der Waals surface area contributed by atoms with Crippen LogP contribution in [-0.4, -0.2) is 5.78 Å². The molecule has 1 aliphatic rings. The third-order valence-electron chi connectivity index (χ3n) is 3.35. The van der Waals surface area contributed by atoms with Gasteiger partial charge in [-0.25, -0.2) is 0 Å². The van der Waals surface area contributed by atoms with Crippen molar-refractivity contribution in [3.63, 3.8) is 0 Å². The second kappa shape index (κ2) is 5.31. The molecule has 0 amide bonds. The van der Waals surface area contributed by atoms with E-state index in [9.17, 15) is 4.79 Å². The van der Waals surface area contributed by atoms with Gasteiger partial charge in [0.25, 0.3) is 0 Å².